The van der Waals surface area contributed by atoms with Crippen LogP contribution >= 0.6 is 0 Å². The van der Waals surface area contributed by atoms with Crippen LogP contribution < -0.4 is 0 Å². The van der Waals surface area contributed by atoms with Crippen molar-refractivity contribution in [1.29, 1.82) is 0 Å². The summed E-state index contributed by atoms with van der Waals surface area (Å²) in [5.74, 6) is -1.35. The molecule has 5 nitrogen and oxygen atoms in total. The molecule has 0 aliphatic heterocycles. The molecule has 0 spiro atoms. The van der Waals surface area contributed by atoms with E-state index in [1.165, 1.54) is 14.2 Å². The molecule has 15 heavy (non-hydrogen) atoms. The number of methoxy groups -OCH3 is 2. The van der Waals surface area contributed by atoms with Crippen LogP contribution in [0.2, 0.25) is 0 Å². The minimum atomic E-state index is -1.26. The van der Waals surface area contributed by atoms with Gasteiger partial charge in [0.25, 0.3) is 0 Å². The second-order valence-electron chi connectivity index (χ2n) is 3.63. The van der Waals surface area contributed by atoms with Gasteiger partial charge in [0.15, 0.2) is 5.78 Å². The molecule has 0 aromatic carbocycles. The number of nitrogens with zero attached hydrogens (tertiary/aromatic N) is 1. The van der Waals surface area contributed by atoms with E-state index in [0.29, 0.717) is 18.6 Å². The van der Waals surface area contributed by atoms with Crippen molar-refractivity contribution >= 4 is 11.5 Å². The standard InChI is InChI=1S/C10H17NO4/c1-14-10(15-2)7-8(11-13)5-3-4-6-9(10)12/h13H,3-7H2,1-2H3. The molecule has 0 radical (unpaired) electrons. The molecule has 0 saturated heterocycles. The van der Waals surface area contributed by atoms with Gasteiger partial charge in [-0.15, -0.1) is 0 Å². The van der Waals surface area contributed by atoms with E-state index in [0.717, 1.165) is 12.8 Å². The zero-order valence-corrected chi connectivity index (χ0v) is 9.15. The molecule has 1 N–H and O–H groups in total. The van der Waals surface area contributed by atoms with Gasteiger partial charge in [0.1, 0.15) is 0 Å². The number of rotatable bonds is 2. The third-order valence-corrected chi connectivity index (χ3v) is 2.78. The van der Waals surface area contributed by atoms with Crippen LogP contribution in [0.3, 0.4) is 0 Å². The predicted molar refractivity (Wildman–Crippen MR) is 54.1 cm³/mol. The summed E-state index contributed by atoms with van der Waals surface area (Å²) >= 11 is 0. The van der Waals surface area contributed by atoms with Crippen molar-refractivity contribution in [2.75, 3.05) is 14.2 Å². The Morgan fingerprint density at radius 1 is 1.27 bits per heavy atom. The van der Waals surface area contributed by atoms with Crippen molar-refractivity contribution in [3.63, 3.8) is 0 Å². The molecule has 1 saturated carbocycles. The van der Waals surface area contributed by atoms with E-state index in [2.05, 4.69) is 5.16 Å². The van der Waals surface area contributed by atoms with Crippen LogP contribution in [-0.4, -0.2) is 36.7 Å². The Bertz CT molecular complexity index is 258. The fourth-order valence-electron chi connectivity index (χ4n) is 1.80. The highest BCUT2D eigenvalue weighted by Gasteiger charge is 2.40. The second kappa shape index (κ2) is 5.23. The molecule has 1 rings (SSSR count). The number of Topliss-reactive ketones (excluding diaryl/α,β-unsaturated/α-hetero) is 1. The van der Waals surface area contributed by atoms with Crippen LogP contribution in [0, 0.1) is 0 Å². The third-order valence-electron chi connectivity index (χ3n) is 2.78. The molecule has 1 aliphatic rings. The third kappa shape index (κ3) is 2.54. The monoisotopic (exact) mass is 215 g/mol. The van der Waals surface area contributed by atoms with Gasteiger partial charge in [-0.1, -0.05) is 5.16 Å². The number of ketones is 1. The van der Waals surface area contributed by atoms with Crippen LogP contribution in [0.1, 0.15) is 32.1 Å². The van der Waals surface area contributed by atoms with E-state index in [4.69, 9.17) is 14.7 Å². The van der Waals surface area contributed by atoms with Gasteiger partial charge in [0, 0.05) is 20.6 Å². The average Bonchev–Trinajstić information content (AvgIpc) is 2.26. The normalized spacial score (nSPS) is 24.9. The number of carbonyl (C=O) groups is 1. The number of oxime groups is 1. The Labute approximate surface area is 89.1 Å². The predicted octanol–water partition coefficient (Wildman–Crippen LogP) is 1.34. The number of ether oxygens (including phenoxy) is 2. The van der Waals surface area contributed by atoms with Gasteiger partial charge in [-0.3, -0.25) is 4.79 Å². The smallest absolute Gasteiger partial charge is 0.233 e. The molecule has 0 amide bonds. The van der Waals surface area contributed by atoms with Crippen LogP contribution in [0.4, 0.5) is 0 Å². The molecule has 1 aliphatic carbocycles. The molecule has 86 valence electrons. The minimum absolute atomic E-state index is 0.0895. The molecule has 0 unspecified atom stereocenters. The first kappa shape index (κ1) is 12.1. The summed E-state index contributed by atoms with van der Waals surface area (Å²) < 4.78 is 10.3. The lowest BCUT2D eigenvalue weighted by Crippen LogP contribution is -2.45. The first-order valence-corrected chi connectivity index (χ1v) is 5.02. The van der Waals surface area contributed by atoms with E-state index >= 15 is 0 Å². The van der Waals surface area contributed by atoms with Crippen molar-refractivity contribution in [2.24, 2.45) is 5.16 Å². The fourth-order valence-corrected chi connectivity index (χ4v) is 1.80. The zero-order valence-electron chi connectivity index (χ0n) is 9.15. The van der Waals surface area contributed by atoms with Crippen LogP contribution in [0.15, 0.2) is 5.16 Å². The Kier molecular flexibility index (Phi) is 4.23. The summed E-state index contributed by atoms with van der Waals surface area (Å²) in [6, 6.07) is 0. The van der Waals surface area contributed by atoms with Gasteiger partial charge in [-0.25, -0.2) is 0 Å². The van der Waals surface area contributed by atoms with Crippen LogP contribution in [0.25, 0.3) is 0 Å². The van der Waals surface area contributed by atoms with E-state index in [-0.39, 0.29) is 12.2 Å². The maximum Gasteiger partial charge on any atom is 0.233 e. The van der Waals surface area contributed by atoms with E-state index in [9.17, 15) is 4.79 Å². The number of hydrogen-bond acceptors (Lipinski definition) is 5. The molecule has 0 heterocycles. The molecular formula is C10H17NO4. The Balaban J connectivity index is 2.91. The van der Waals surface area contributed by atoms with Crippen LogP contribution in [-0.2, 0) is 14.3 Å². The summed E-state index contributed by atoms with van der Waals surface area (Å²) in [6.45, 7) is 0. The second-order valence-corrected chi connectivity index (χ2v) is 3.63. The number of carbonyl (C=O) groups excluding carboxylic acids is 1. The number of hydrogen-bond donors (Lipinski definition) is 1. The maximum absolute atomic E-state index is 11.8. The van der Waals surface area contributed by atoms with Gasteiger partial charge >= 0.3 is 0 Å². The van der Waals surface area contributed by atoms with E-state index in [1.54, 1.807) is 0 Å². The van der Waals surface area contributed by atoms with Crippen molar-refractivity contribution < 1.29 is 19.5 Å². The van der Waals surface area contributed by atoms with E-state index < -0.39 is 5.79 Å². The highest BCUT2D eigenvalue weighted by atomic mass is 16.7. The van der Waals surface area contributed by atoms with Crippen molar-refractivity contribution in [3.05, 3.63) is 0 Å². The first-order chi connectivity index (χ1) is 7.18. The van der Waals surface area contributed by atoms with Crippen molar-refractivity contribution in [3.8, 4) is 0 Å². The van der Waals surface area contributed by atoms with Gasteiger partial charge in [0.2, 0.25) is 5.79 Å². The van der Waals surface area contributed by atoms with Gasteiger partial charge in [-0.05, 0) is 19.3 Å². The average molecular weight is 215 g/mol. The Hall–Kier alpha value is -0.940. The van der Waals surface area contributed by atoms with Crippen molar-refractivity contribution in [1.82, 2.24) is 0 Å². The lowest BCUT2D eigenvalue weighted by atomic mass is 9.93. The SMILES string of the molecule is COC1(OC)CC(=NO)CCCCC1=O. The summed E-state index contributed by atoms with van der Waals surface area (Å²) in [5.41, 5.74) is 0.548. The highest BCUT2D eigenvalue weighted by Crippen LogP contribution is 2.25. The van der Waals surface area contributed by atoms with Crippen LogP contribution in [0.5, 0.6) is 0 Å². The lowest BCUT2D eigenvalue weighted by Gasteiger charge is -2.30. The lowest BCUT2D eigenvalue weighted by molar-refractivity contribution is -0.204. The molecule has 5 heteroatoms. The van der Waals surface area contributed by atoms with Gasteiger partial charge in [-0.2, -0.15) is 0 Å². The Morgan fingerprint density at radius 2 is 1.87 bits per heavy atom. The summed E-state index contributed by atoms with van der Waals surface area (Å²) in [7, 11) is 2.86. The quantitative estimate of drug-likeness (QED) is 0.429. The summed E-state index contributed by atoms with van der Waals surface area (Å²) in [5, 5.41) is 12.0. The van der Waals surface area contributed by atoms with Crippen molar-refractivity contribution in [2.45, 2.75) is 37.9 Å². The summed E-state index contributed by atoms with van der Waals surface area (Å²) in [4.78, 5) is 11.8. The van der Waals surface area contributed by atoms with E-state index in [1.807, 2.05) is 0 Å². The zero-order chi connectivity index (χ0) is 11.3. The molecule has 0 aromatic rings. The highest BCUT2D eigenvalue weighted by molar-refractivity contribution is 5.94. The molecule has 0 bridgehead atoms. The molecular weight excluding hydrogens is 198 g/mol. The molecule has 0 atom stereocenters. The maximum atomic E-state index is 11.8. The largest absolute Gasteiger partial charge is 0.411 e. The molecule has 0 aromatic heterocycles. The molecule has 1 fully saturated rings. The fraction of sp³-hybridized carbons (Fsp3) is 0.800. The Morgan fingerprint density at radius 3 is 2.40 bits per heavy atom. The van der Waals surface area contributed by atoms with Gasteiger partial charge in [0.05, 0.1) is 12.1 Å². The first-order valence-electron chi connectivity index (χ1n) is 5.02. The van der Waals surface area contributed by atoms with Gasteiger partial charge < -0.3 is 14.7 Å². The topological polar surface area (TPSA) is 68.1 Å². The minimum Gasteiger partial charge on any atom is -0.411 e. The summed E-state index contributed by atoms with van der Waals surface area (Å²) in [6.07, 6.45) is 2.95.